The fraction of sp³-hybridized carbons (Fsp3) is 0. The van der Waals surface area contributed by atoms with Gasteiger partial charge in [0.2, 0.25) is 0 Å². The molecule has 7 rings (SSSR count). The SMILES string of the molecule is O=C(Nc1cncc(-c2ccc3[nH]nc(-c4nc5c(-c6ccc(Cl)s6)cncc5[nH]4)c3n2)c1)c1ccccc1. The number of carbonyl (C=O) groups excluding carboxylic acids is 1. The zero-order valence-electron chi connectivity index (χ0n) is 20.0. The Balaban J connectivity index is 1.25. The van der Waals surface area contributed by atoms with Crippen molar-refractivity contribution in [3.63, 3.8) is 0 Å². The molecule has 0 radical (unpaired) electrons. The van der Waals surface area contributed by atoms with Crippen LogP contribution in [0.2, 0.25) is 4.34 Å². The molecule has 0 unspecified atom stereocenters. The first-order chi connectivity index (χ1) is 19.1. The number of halogens is 1. The minimum Gasteiger partial charge on any atom is -0.335 e. The maximum Gasteiger partial charge on any atom is 0.255 e. The third kappa shape index (κ3) is 4.31. The van der Waals surface area contributed by atoms with Crippen molar-refractivity contribution in [1.29, 1.82) is 0 Å². The summed E-state index contributed by atoms with van der Waals surface area (Å²) in [6, 6.07) is 18.5. The monoisotopic (exact) mass is 548 g/mol. The van der Waals surface area contributed by atoms with E-state index in [1.807, 2.05) is 48.5 Å². The third-order valence-electron chi connectivity index (χ3n) is 6.19. The normalized spacial score (nSPS) is 11.3. The number of benzene rings is 1. The van der Waals surface area contributed by atoms with Gasteiger partial charge in [0.15, 0.2) is 11.5 Å². The predicted octanol–water partition coefficient (Wildman–Crippen LogP) is 6.59. The molecule has 0 aliphatic heterocycles. The van der Waals surface area contributed by atoms with E-state index in [2.05, 4.69) is 30.5 Å². The van der Waals surface area contributed by atoms with E-state index in [0.717, 1.165) is 32.6 Å². The molecule has 0 aliphatic rings. The van der Waals surface area contributed by atoms with Gasteiger partial charge in [0, 0.05) is 34.0 Å². The Kier molecular flexibility index (Phi) is 5.61. The third-order valence-corrected chi connectivity index (χ3v) is 7.46. The van der Waals surface area contributed by atoms with Gasteiger partial charge in [-0.2, -0.15) is 5.10 Å². The summed E-state index contributed by atoms with van der Waals surface area (Å²) in [5.41, 5.74) is 7.01. The van der Waals surface area contributed by atoms with E-state index in [0.29, 0.717) is 38.3 Å². The van der Waals surface area contributed by atoms with Crippen LogP contribution in [0.4, 0.5) is 5.69 Å². The molecule has 0 bridgehead atoms. The largest absolute Gasteiger partial charge is 0.335 e. The van der Waals surface area contributed by atoms with Crippen molar-refractivity contribution in [3.05, 3.63) is 95.4 Å². The van der Waals surface area contributed by atoms with Gasteiger partial charge < -0.3 is 10.3 Å². The summed E-state index contributed by atoms with van der Waals surface area (Å²) in [5, 5.41) is 10.4. The van der Waals surface area contributed by atoms with Gasteiger partial charge in [0.1, 0.15) is 11.0 Å². The summed E-state index contributed by atoms with van der Waals surface area (Å²) in [6.07, 6.45) is 6.83. The second kappa shape index (κ2) is 9.43. The maximum atomic E-state index is 12.6. The first-order valence-corrected chi connectivity index (χ1v) is 13.1. The highest BCUT2D eigenvalue weighted by molar-refractivity contribution is 7.19. The van der Waals surface area contributed by atoms with Crippen molar-refractivity contribution >= 4 is 56.6 Å². The summed E-state index contributed by atoms with van der Waals surface area (Å²) >= 11 is 7.64. The van der Waals surface area contributed by atoms with Crippen LogP contribution in [0.5, 0.6) is 0 Å². The standard InChI is InChI=1S/C28H17ClN8OS/c29-23-9-8-22(39-23)18-13-31-14-21-24(18)35-27(34-21)26-25-20(36-37-26)7-6-19(33-25)16-10-17(12-30-11-16)32-28(38)15-4-2-1-3-5-15/h1-14H,(H,32,38)(H,34,35)(H,36,37). The lowest BCUT2D eigenvalue weighted by atomic mass is 10.1. The van der Waals surface area contributed by atoms with Crippen molar-refractivity contribution in [2.45, 2.75) is 0 Å². The molecule has 6 heterocycles. The van der Waals surface area contributed by atoms with Crippen LogP contribution in [-0.4, -0.2) is 41.0 Å². The van der Waals surface area contributed by atoms with Crippen LogP contribution < -0.4 is 5.32 Å². The number of nitrogens with one attached hydrogen (secondary N) is 3. The molecule has 1 aromatic carbocycles. The van der Waals surface area contributed by atoms with Crippen LogP contribution in [0.15, 0.2) is 85.5 Å². The topological polar surface area (TPSA) is 125 Å². The Bertz CT molecular complexity index is 2000. The smallest absolute Gasteiger partial charge is 0.255 e. The molecule has 0 aliphatic carbocycles. The van der Waals surface area contributed by atoms with Crippen molar-refractivity contribution < 1.29 is 4.79 Å². The van der Waals surface area contributed by atoms with Gasteiger partial charge in [-0.1, -0.05) is 29.8 Å². The first kappa shape index (κ1) is 23.2. The van der Waals surface area contributed by atoms with Crippen LogP contribution >= 0.6 is 22.9 Å². The summed E-state index contributed by atoms with van der Waals surface area (Å²) < 4.78 is 0.700. The van der Waals surface area contributed by atoms with E-state index in [4.69, 9.17) is 21.6 Å². The Morgan fingerprint density at radius 2 is 1.74 bits per heavy atom. The number of hydrogen-bond donors (Lipinski definition) is 3. The van der Waals surface area contributed by atoms with E-state index < -0.39 is 0 Å². The Labute approximate surface area is 230 Å². The van der Waals surface area contributed by atoms with Crippen LogP contribution in [0.25, 0.3) is 55.3 Å². The number of pyridine rings is 3. The van der Waals surface area contributed by atoms with E-state index in [1.165, 1.54) is 11.3 Å². The number of rotatable bonds is 5. The van der Waals surface area contributed by atoms with Crippen LogP contribution in [0.3, 0.4) is 0 Å². The number of nitrogens with zero attached hydrogens (tertiary/aromatic N) is 5. The first-order valence-electron chi connectivity index (χ1n) is 11.9. The Morgan fingerprint density at radius 3 is 2.59 bits per heavy atom. The molecule has 0 saturated heterocycles. The fourth-order valence-corrected chi connectivity index (χ4v) is 5.40. The number of thiophene rings is 1. The van der Waals surface area contributed by atoms with Gasteiger partial charge in [-0.15, -0.1) is 11.3 Å². The molecule has 39 heavy (non-hydrogen) atoms. The molecule has 0 fully saturated rings. The highest BCUT2D eigenvalue weighted by atomic mass is 35.5. The van der Waals surface area contributed by atoms with Crippen LogP contribution in [0.1, 0.15) is 10.4 Å². The molecule has 7 aromatic rings. The zero-order chi connectivity index (χ0) is 26.3. The number of carbonyl (C=O) groups is 1. The van der Waals surface area contributed by atoms with Gasteiger partial charge in [0.25, 0.3) is 5.91 Å². The molecular formula is C28H17ClN8OS. The minimum absolute atomic E-state index is 0.210. The molecule has 0 spiro atoms. The van der Waals surface area contributed by atoms with E-state index >= 15 is 0 Å². The number of aromatic amines is 2. The molecule has 6 aromatic heterocycles. The van der Waals surface area contributed by atoms with Gasteiger partial charge in [-0.25, -0.2) is 9.97 Å². The molecule has 0 saturated carbocycles. The lowest BCUT2D eigenvalue weighted by Gasteiger charge is -2.07. The number of aromatic nitrogens is 7. The van der Waals surface area contributed by atoms with E-state index in [9.17, 15) is 4.79 Å². The molecule has 9 nitrogen and oxygen atoms in total. The number of fused-ring (bicyclic) bond motifs is 2. The second-order valence-corrected chi connectivity index (χ2v) is 10.4. The van der Waals surface area contributed by atoms with Gasteiger partial charge >= 0.3 is 0 Å². The molecule has 1 amide bonds. The number of hydrogen-bond acceptors (Lipinski definition) is 7. The van der Waals surface area contributed by atoms with Crippen LogP contribution in [0, 0.1) is 0 Å². The number of imidazole rings is 1. The predicted molar refractivity (Wildman–Crippen MR) is 153 cm³/mol. The summed E-state index contributed by atoms with van der Waals surface area (Å²) in [7, 11) is 0. The van der Waals surface area contributed by atoms with Crippen molar-refractivity contribution in [1.82, 2.24) is 35.1 Å². The minimum atomic E-state index is -0.210. The van der Waals surface area contributed by atoms with Gasteiger partial charge in [-0.05, 0) is 42.5 Å². The van der Waals surface area contributed by atoms with Crippen molar-refractivity contribution in [3.8, 4) is 33.2 Å². The Hall–Kier alpha value is -4.93. The lowest BCUT2D eigenvalue weighted by Crippen LogP contribution is -2.11. The molecule has 3 N–H and O–H groups in total. The summed E-state index contributed by atoms with van der Waals surface area (Å²) in [4.78, 5) is 35.3. The molecule has 188 valence electrons. The van der Waals surface area contributed by atoms with Gasteiger partial charge in [0.05, 0.1) is 39.1 Å². The fourth-order valence-electron chi connectivity index (χ4n) is 4.35. The molecule has 11 heteroatoms. The van der Waals surface area contributed by atoms with Crippen LogP contribution in [-0.2, 0) is 0 Å². The summed E-state index contributed by atoms with van der Waals surface area (Å²) in [5.74, 6) is 0.360. The highest BCUT2D eigenvalue weighted by Gasteiger charge is 2.18. The lowest BCUT2D eigenvalue weighted by molar-refractivity contribution is 0.102. The average molecular weight is 549 g/mol. The number of H-pyrrole nitrogens is 2. The van der Waals surface area contributed by atoms with E-state index in [-0.39, 0.29) is 5.91 Å². The van der Waals surface area contributed by atoms with Crippen molar-refractivity contribution in [2.24, 2.45) is 0 Å². The van der Waals surface area contributed by atoms with Crippen molar-refractivity contribution in [2.75, 3.05) is 5.32 Å². The summed E-state index contributed by atoms with van der Waals surface area (Å²) in [6.45, 7) is 0. The molecule has 0 atom stereocenters. The average Bonchev–Trinajstić information content (AvgIpc) is 3.71. The van der Waals surface area contributed by atoms with Gasteiger partial charge in [-0.3, -0.25) is 19.9 Å². The molecular weight excluding hydrogens is 532 g/mol. The zero-order valence-corrected chi connectivity index (χ0v) is 21.6. The number of anilines is 1. The quantitative estimate of drug-likeness (QED) is 0.223. The maximum absolute atomic E-state index is 12.6. The second-order valence-electron chi connectivity index (χ2n) is 8.72. The highest BCUT2D eigenvalue weighted by Crippen LogP contribution is 2.35. The van der Waals surface area contributed by atoms with E-state index in [1.54, 1.807) is 36.9 Å². The Morgan fingerprint density at radius 1 is 0.872 bits per heavy atom. The number of amides is 1.